The Balaban J connectivity index is 1.39. The smallest absolute Gasteiger partial charge is 0.330 e. The second kappa shape index (κ2) is 8.41. The predicted molar refractivity (Wildman–Crippen MR) is 129 cm³/mol. The maximum atomic E-state index is 13.1. The first-order chi connectivity index (χ1) is 15.9. The van der Waals surface area contributed by atoms with Gasteiger partial charge in [-0.2, -0.15) is 0 Å². The summed E-state index contributed by atoms with van der Waals surface area (Å²) in [5, 5.41) is 14.5. The molecular weight excluding hydrogens is 436 g/mol. The summed E-state index contributed by atoms with van der Waals surface area (Å²) in [4.78, 5) is 25.3. The van der Waals surface area contributed by atoms with Crippen LogP contribution in [0.15, 0.2) is 79.0 Å². The number of carboxylic acids is 1. The van der Waals surface area contributed by atoms with Crippen LogP contribution in [-0.2, 0) is 35.4 Å². The third-order valence-electron chi connectivity index (χ3n) is 6.38. The molecule has 5 nitrogen and oxygen atoms in total. The van der Waals surface area contributed by atoms with Gasteiger partial charge in [0.25, 0.3) is 0 Å². The number of amides is 1. The van der Waals surface area contributed by atoms with Gasteiger partial charge in [-0.3, -0.25) is 4.79 Å². The Morgan fingerprint density at radius 1 is 0.939 bits per heavy atom. The van der Waals surface area contributed by atoms with E-state index in [1.807, 2.05) is 79.0 Å². The molecule has 0 unspecified atom stereocenters. The molecule has 0 saturated heterocycles. The Hall–Kier alpha value is -3.57. The summed E-state index contributed by atoms with van der Waals surface area (Å²) < 4.78 is 2.11. The number of hydrogen-bond acceptors (Lipinski definition) is 2. The first kappa shape index (κ1) is 21.3. The van der Waals surface area contributed by atoms with Crippen molar-refractivity contribution in [2.75, 3.05) is 0 Å². The monoisotopic (exact) mass is 458 g/mol. The van der Waals surface area contributed by atoms with E-state index in [2.05, 4.69) is 9.88 Å². The molecule has 0 radical (unpaired) electrons. The van der Waals surface area contributed by atoms with Crippen LogP contribution in [0.1, 0.15) is 22.3 Å². The van der Waals surface area contributed by atoms with Gasteiger partial charge in [0, 0.05) is 41.5 Å². The topological polar surface area (TPSA) is 71.3 Å². The van der Waals surface area contributed by atoms with Crippen molar-refractivity contribution >= 4 is 34.4 Å². The standard InChI is InChI=1S/C27H23ClN2O3/c28-22-11-9-18(10-12-22)16-30-17-21(23-7-3-4-8-24(23)30)13-25(31)29-27(26(32)33)14-19-5-1-2-6-20(19)15-27/h1-12,17H,13-16H2,(H,29,31)(H,32,33). The van der Waals surface area contributed by atoms with Gasteiger partial charge in [0.15, 0.2) is 0 Å². The number of fused-ring (bicyclic) bond motifs is 2. The van der Waals surface area contributed by atoms with Crippen LogP contribution in [0.25, 0.3) is 10.9 Å². The molecule has 4 aromatic rings. The van der Waals surface area contributed by atoms with Gasteiger partial charge >= 0.3 is 5.97 Å². The number of para-hydroxylation sites is 1. The van der Waals surface area contributed by atoms with Crippen LogP contribution in [0.3, 0.4) is 0 Å². The quantitative estimate of drug-likeness (QED) is 0.442. The lowest BCUT2D eigenvalue weighted by molar-refractivity contribution is -0.147. The highest BCUT2D eigenvalue weighted by Gasteiger charge is 2.45. The average Bonchev–Trinajstić information content (AvgIpc) is 3.34. The van der Waals surface area contributed by atoms with Crippen molar-refractivity contribution in [3.8, 4) is 0 Å². The molecule has 1 amide bonds. The lowest BCUT2D eigenvalue weighted by Crippen LogP contribution is -2.55. The zero-order valence-corrected chi connectivity index (χ0v) is 18.7. The number of nitrogens with zero attached hydrogens (tertiary/aromatic N) is 1. The molecule has 1 aliphatic carbocycles. The SMILES string of the molecule is O=C(Cc1cn(Cc2ccc(Cl)cc2)c2ccccc12)NC1(C(=O)O)Cc2ccccc2C1. The Kier molecular flexibility index (Phi) is 5.43. The van der Waals surface area contributed by atoms with Gasteiger partial charge in [0.1, 0.15) is 5.54 Å². The zero-order valence-electron chi connectivity index (χ0n) is 17.9. The van der Waals surface area contributed by atoms with Crippen molar-refractivity contribution in [3.63, 3.8) is 0 Å². The molecule has 0 atom stereocenters. The third-order valence-corrected chi connectivity index (χ3v) is 6.63. The number of halogens is 1. The minimum atomic E-state index is -1.30. The van der Waals surface area contributed by atoms with Gasteiger partial charge < -0.3 is 15.0 Å². The minimum Gasteiger partial charge on any atom is -0.479 e. The largest absolute Gasteiger partial charge is 0.479 e. The van der Waals surface area contributed by atoms with Crippen LogP contribution in [0.2, 0.25) is 5.02 Å². The van der Waals surface area contributed by atoms with E-state index >= 15 is 0 Å². The summed E-state index contributed by atoms with van der Waals surface area (Å²) in [6, 6.07) is 23.3. The second-order valence-electron chi connectivity index (χ2n) is 8.66. The van der Waals surface area contributed by atoms with Gasteiger partial charge in [0.2, 0.25) is 5.91 Å². The molecule has 166 valence electrons. The summed E-state index contributed by atoms with van der Waals surface area (Å²) in [5.41, 5.74) is 3.64. The lowest BCUT2D eigenvalue weighted by atomic mass is 9.95. The predicted octanol–water partition coefficient (Wildman–Crippen LogP) is 4.62. The molecule has 2 N–H and O–H groups in total. The number of carboxylic acid groups (broad SMARTS) is 1. The van der Waals surface area contributed by atoms with E-state index in [1.54, 1.807) is 0 Å². The molecule has 5 rings (SSSR count). The lowest BCUT2D eigenvalue weighted by Gasteiger charge is -2.25. The summed E-state index contributed by atoms with van der Waals surface area (Å²) in [7, 11) is 0. The first-order valence-electron chi connectivity index (χ1n) is 10.9. The molecule has 1 aliphatic rings. The molecule has 1 aromatic heterocycles. The van der Waals surface area contributed by atoms with Gasteiger partial charge in [-0.05, 0) is 40.5 Å². The van der Waals surface area contributed by atoms with Crippen molar-refractivity contribution in [1.82, 2.24) is 9.88 Å². The third kappa shape index (κ3) is 4.12. The molecule has 0 bridgehead atoms. The average molecular weight is 459 g/mol. The summed E-state index contributed by atoms with van der Waals surface area (Å²) in [6.45, 7) is 0.647. The van der Waals surface area contributed by atoms with Gasteiger partial charge in [0.05, 0.1) is 6.42 Å². The molecule has 0 fully saturated rings. The number of rotatable bonds is 6. The van der Waals surface area contributed by atoms with E-state index in [4.69, 9.17) is 11.6 Å². The molecular formula is C27H23ClN2O3. The van der Waals surface area contributed by atoms with Gasteiger partial charge in [-0.25, -0.2) is 4.79 Å². The van der Waals surface area contributed by atoms with Crippen LogP contribution in [0.5, 0.6) is 0 Å². The van der Waals surface area contributed by atoms with E-state index in [-0.39, 0.29) is 12.3 Å². The number of aromatic nitrogens is 1. The second-order valence-corrected chi connectivity index (χ2v) is 9.10. The molecule has 0 aliphatic heterocycles. The fourth-order valence-electron chi connectivity index (χ4n) is 4.77. The Morgan fingerprint density at radius 2 is 1.58 bits per heavy atom. The number of carbonyl (C=O) groups is 2. The van der Waals surface area contributed by atoms with Gasteiger partial charge in [-0.1, -0.05) is 66.2 Å². The molecule has 6 heteroatoms. The minimum absolute atomic E-state index is 0.111. The number of benzene rings is 3. The van der Waals surface area contributed by atoms with Crippen molar-refractivity contribution in [3.05, 3.63) is 106 Å². The fourth-order valence-corrected chi connectivity index (χ4v) is 4.90. The molecule has 1 heterocycles. The summed E-state index contributed by atoms with van der Waals surface area (Å²) in [6.07, 6.45) is 2.68. The van der Waals surface area contributed by atoms with Crippen LogP contribution >= 0.6 is 11.6 Å². The fraction of sp³-hybridized carbons (Fsp3) is 0.185. The van der Waals surface area contributed by atoms with Crippen molar-refractivity contribution < 1.29 is 14.7 Å². The highest BCUT2D eigenvalue weighted by atomic mass is 35.5. The maximum Gasteiger partial charge on any atom is 0.330 e. The van der Waals surface area contributed by atoms with Crippen molar-refractivity contribution in [2.45, 2.75) is 31.3 Å². The Bertz CT molecular complexity index is 1330. The molecule has 0 saturated carbocycles. The zero-order chi connectivity index (χ0) is 23.0. The van der Waals surface area contributed by atoms with E-state index in [0.717, 1.165) is 33.2 Å². The van der Waals surface area contributed by atoms with Crippen LogP contribution in [-0.4, -0.2) is 27.1 Å². The molecule has 0 spiro atoms. The number of aliphatic carboxylic acids is 1. The van der Waals surface area contributed by atoms with E-state index in [9.17, 15) is 14.7 Å². The van der Waals surface area contributed by atoms with E-state index in [1.165, 1.54) is 0 Å². The first-order valence-corrected chi connectivity index (χ1v) is 11.2. The van der Waals surface area contributed by atoms with Crippen molar-refractivity contribution in [2.24, 2.45) is 0 Å². The molecule has 33 heavy (non-hydrogen) atoms. The Morgan fingerprint density at radius 3 is 2.24 bits per heavy atom. The van der Waals surface area contributed by atoms with Crippen LogP contribution in [0, 0.1) is 0 Å². The summed E-state index contributed by atoms with van der Waals surface area (Å²) >= 11 is 6.01. The number of hydrogen-bond donors (Lipinski definition) is 2. The van der Waals surface area contributed by atoms with Crippen LogP contribution < -0.4 is 5.32 Å². The maximum absolute atomic E-state index is 13.1. The Labute approximate surface area is 196 Å². The normalized spacial score (nSPS) is 14.2. The van der Waals surface area contributed by atoms with E-state index < -0.39 is 11.5 Å². The van der Waals surface area contributed by atoms with Gasteiger partial charge in [-0.15, -0.1) is 0 Å². The number of nitrogens with one attached hydrogen (secondary N) is 1. The van der Waals surface area contributed by atoms with Crippen molar-refractivity contribution in [1.29, 1.82) is 0 Å². The highest BCUT2D eigenvalue weighted by Crippen LogP contribution is 2.31. The molecule has 3 aromatic carbocycles. The van der Waals surface area contributed by atoms with E-state index in [0.29, 0.717) is 24.4 Å². The number of carbonyl (C=O) groups excluding carboxylic acids is 1. The highest BCUT2D eigenvalue weighted by molar-refractivity contribution is 6.30. The summed E-state index contributed by atoms with van der Waals surface area (Å²) in [5.74, 6) is -1.29. The van der Waals surface area contributed by atoms with Crippen LogP contribution in [0.4, 0.5) is 0 Å².